The molecule has 1 aliphatic rings. The van der Waals surface area contributed by atoms with E-state index < -0.39 is 6.67 Å². The van der Waals surface area contributed by atoms with Crippen LogP contribution in [0.2, 0.25) is 0 Å². The van der Waals surface area contributed by atoms with Crippen molar-refractivity contribution >= 4 is 16.7 Å². The first kappa shape index (κ1) is 19.8. The first-order valence-corrected chi connectivity index (χ1v) is 10.6. The molecule has 0 N–H and O–H groups in total. The van der Waals surface area contributed by atoms with Crippen LogP contribution in [0.3, 0.4) is 0 Å². The Morgan fingerprint density at radius 1 is 1.07 bits per heavy atom. The number of nitrogens with zero attached hydrogens (tertiary/aromatic N) is 2. The maximum atomic E-state index is 12.9. The third-order valence-electron chi connectivity index (χ3n) is 6.24. The van der Waals surface area contributed by atoms with E-state index in [0.29, 0.717) is 12.3 Å². The molecule has 1 fully saturated rings. The van der Waals surface area contributed by atoms with Crippen molar-refractivity contribution in [1.29, 1.82) is 0 Å². The number of piperidine rings is 1. The van der Waals surface area contributed by atoms with Crippen LogP contribution in [0, 0.1) is 5.92 Å². The normalized spacial score (nSPS) is 15.8. The number of fused-ring (bicyclic) bond motifs is 1. The highest BCUT2D eigenvalue weighted by Crippen LogP contribution is 2.26. The van der Waals surface area contributed by atoms with Gasteiger partial charge in [0.15, 0.2) is 5.78 Å². The van der Waals surface area contributed by atoms with E-state index >= 15 is 0 Å². The lowest BCUT2D eigenvalue weighted by atomic mass is 9.90. The first-order valence-electron chi connectivity index (χ1n) is 10.6. The van der Waals surface area contributed by atoms with Crippen LogP contribution >= 0.6 is 0 Å². The summed E-state index contributed by atoms with van der Waals surface area (Å²) in [5.41, 5.74) is 3.91. The lowest BCUT2D eigenvalue weighted by molar-refractivity contribution is 0.0963. The average Bonchev–Trinajstić information content (AvgIpc) is 3.10. The van der Waals surface area contributed by atoms with E-state index in [-0.39, 0.29) is 5.78 Å². The van der Waals surface area contributed by atoms with Crippen LogP contribution in [0.4, 0.5) is 4.39 Å². The number of hydrogen-bond donors (Lipinski definition) is 0. The third-order valence-corrected chi connectivity index (χ3v) is 6.24. The van der Waals surface area contributed by atoms with Gasteiger partial charge in [-0.3, -0.25) is 9.69 Å². The summed E-state index contributed by atoms with van der Waals surface area (Å²) in [5, 5.41) is 1.06. The van der Waals surface area contributed by atoms with Crippen molar-refractivity contribution in [3.05, 3.63) is 71.4 Å². The second-order valence-electron chi connectivity index (χ2n) is 8.31. The Kier molecular flexibility index (Phi) is 6.10. The highest BCUT2D eigenvalue weighted by molar-refractivity contribution is 6.08. The number of Topliss-reactive ketones (excluding diaryl/α,β-unsaturated/α-hetero) is 1. The van der Waals surface area contributed by atoms with Gasteiger partial charge in [-0.15, -0.1) is 0 Å². The van der Waals surface area contributed by atoms with Crippen molar-refractivity contribution < 1.29 is 9.18 Å². The zero-order valence-corrected chi connectivity index (χ0v) is 17.1. The third kappa shape index (κ3) is 4.59. The highest BCUT2D eigenvalue weighted by atomic mass is 19.1. The molecule has 0 saturated carbocycles. The number of carbonyl (C=O) groups is 1. The monoisotopic (exact) mass is 392 g/mol. The van der Waals surface area contributed by atoms with Gasteiger partial charge in [-0.25, -0.2) is 4.39 Å². The number of rotatable bonds is 7. The molecule has 2 aromatic carbocycles. The number of aromatic nitrogens is 1. The van der Waals surface area contributed by atoms with E-state index in [0.717, 1.165) is 60.9 Å². The van der Waals surface area contributed by atoms with Crippen LogP contribution in [0.15, 0.2) is 54.7 Å². The zero-order valence-electron chi connectivity index (χ0n) is 17.1. The van der Waals surface area contributed by atoms with Gasteiger partial charge in [-0.1, -0.05) is 42.5 Å². The number of para-hydroxylation sites is 1. The Balaban J connectivity index is 1.28. The molecule has 0 radical (unpaired) electrons. The van der Waals surface area contributed by atoms with E-state index in [1.807, 2.05) is 54.2 Å². The molecule has 29 heavy (non-hydrogen) atoms. The maximum absolute atomic E-state index is 12.9. The summed E-state index contributed by atoms with van der Waals surface area (Å²) >= 11 is 0. The fourth-order valence-electron chi connectivity index (χ4n) is 4.54. The molecule has 1 aromatic heterocycles. The summed E-state index contributed by atoms with van der Waals surface area (Å²) in [4.78, 5) is 15.3. The minimum Gasteiger partial charge on any atom is -0.350 e. The van der Waals surface area contributed by atoms with Crippen molar-refractivity contribution in [2.75, 3.05) is 13.1 Å². The minimum atomic E-state index is -0.402. The van der Waals surface area contributed by atoms with Gasteiger partial charge in [0.05, 0.1) is 0 Å². The summed E-state index contributed by atoms with van der Waals surface area (Å²) in [6.07, 6.45) is 5.82. The molecule has 152 valence electrons. The van der Waals surface area contributed by atoms with Crippen LogP contribution < -0.4 is 0 Å². The summed E-state index contributed by atoms with van der Waals surface area (Å²) < 4.78 is 14.9. The molecule has 4 heteroatoms. The van der Waals surface area contributed by atoms with Gasteiger partial charge in [0.25, 0.3) is 0 Å². The molecule has 0 aliphatic carbocycles. The van der Waals surface area contributed by atoms with E-state index in [2.05, 4.69) is 17.0 Å². The molecule has 0 unspecified atom stereocenters. The Morgan fingerprint density at radius 2 is 1.83 bits per heavy atom. The number of carbonyl (C=O) groups excluding carboxylic acids is 1. The van der Waals surface area contributed by atoms with E-state index in [1.54, 1.807) is 0 Å². The Hall–Kier alpha value is -2.46. The molecule has 3 nitrogen and oxygen atoms in total. The molecule has 0 amide bonds. The smallest absolute Gasteiger partial charge is 0.165 e. The summed E-state index contributed by atoms with van der Waals surface area (Å²) in [7, 11) is 2.00. The van der Waals surface area contributed by atoms with Crippen molar-refractivity contribution in [3.63, 3.8) is 0 Å². The standard InChI is InChI=1S/C25H29FN2O/c1-27-18-23(22-7-2-3-8-24(22)27)25(29)10-9-19-11-13-28(14-12-19)17-21-6-4-5-20(15-21)16-26/h2-8,15,18-19H,9-14,16-17H2,1H3. The van der Waals surface area contributed by atoms with Crippen LogP contribution in [0.25, 0.3) is 10.9 Å². The molecule has 1 saturated heterocycles. The number of ketones is 1. The lowest BCUT2D eigenvalue weighted by Crippen LogP contribution is -2.33. The average molecular weight is 393 g/mol. The number of benzene rings is 2. The van der Waals surface area contributed by atoms with Crippen molar-refractivity contribution in [2.45, 2.75) is 38.9 Å². The maximum Gasteiger partial charge on any atom is 0.165 e. The fraction of sp³-hybridized carbons (Fsp3) is 0.400. The zero-order chi connectivity index (χ0) is 20.2. The van der Waals surface area contributed by atoms with Crippen LogP contribution in [-0.2, 0) is 20.3 Å². The first-order chi connectivity index (χ1) is 14.1. The van der Waals surface area contributed by atoms with E-state index in [9.17, 15) is 9.18 Å². The van der Waals surface area contributed by atoms with Gasteiger partial charge in [0.1, 0.15) is 6.67 Å². The lowest BCUT2D eigenvalue weighted by Gasteiger charge is -2.32. The molecule has 2 heterocycles. The van der Waals surface area contributed by atoms with Gasteiger partial charge >= 0.3 is 0 Å². The van der Waals surface area contributed by atoms with Crippen molar-refractivity contribution in [1.82, 2.24) is 9.47 Å². The molecule has 0 spiro atoms. The van der Waals surface area contributed by atoms with E-state index in [1.165, 1.54) is 5.56 Å². The Labute approximate surface area is 172 Å². The quantitative estimate of drug-likeness (QED) is 0.495. The number of alkyl halides is 1. The minimum absolute atomic E-state index is 0.257. The SMILES string of the molecule is Cn1cc(C(=O)CCC2CCN(Cc3cccc(CF)c3)CC2)c2ccccc21. The largest absolute Gasteiger partial charge is 0.350 e. The predicted molar refractivity (Wildman–Crippen MR) is 116 cm³/mol. The molecule has 0 atom stereocenters. The molecular formula is C25H29FN2O. The van der Waals surface area contributed by atoms with Crippen LogP contribution in [-0.4, -0.2) is 28.3 Å². The number of likely N-dealkylation sites (tertiary alicyclic amines) is 1. The van der Waals surface area contributed by atoms with Gasteiger partial charge in [-0.2, -0.15) is 0 Å². The Morgan fingerprint density at radius 3 is 2.62 bits per heavy atom. The van der Waals surface area contributed by atoms with Crippen LogP contribution in [0.5, 0.6) is 0 Å². The fourth-order valence-corrected chi connectivity index (χ4v) is 4.54. The summed E-state index contributed by atoms with van der Waals surface area (Å²) in [6.45, 7) is 2.58. The molecule has 4 rings (SSSR count). The number of hydrogen-bond acceptors (Lipinski definition) is 2. The topological polar surface area (TPSA) is 25.2 Å². The van der Waals surface area contributed by atoms with Crippen molar-refractivity contribution in [2.24, 2.45) is 13.0 Å². The van der Waals surface area contributed by atoms with E-state index in [4.69, 9.17) is 0 Å². The van der Waals surface area contributed by atoms with Gasteiger partial charge in [0.2, 0.25) is 0 Å². The highest BCUT2D eigenvalue weighted by Gasteiger charge is 2.21. The summed E-state index contributed by atoms with van der Waals surface area (Å²) in [6, 6.07) is 15.9. The van der Waals surface area contributed by atoms with Crippen LogP contribution in [0.1, 0.15) is 47.2 Å². The number of halogens is 1. The molecule has 0 bridgehead atoms. The van der Waals surface area contributed by atoms with Crippen molar-refractivity contribution in [3.8, 4) is 0 Å². The number of aryl methyl sites for hydroxylation is 1. The summed E-state index contributed by atoms with van der Waals surface area (Å²) in [5.74, 6) is 0.870. The Bertz CT molecular complexity index is 985. The molecule has 1 aliphatic heterocycles. The van der Waals surface area contributed by atoms with Gasteiger partial charge in [-0.05, 0) is 55.5 Å². The predicted octanol–water partition coefficient (Wildman–Crippen LogP) is 5.52. The van der Waals surface area contributed by atoms with Gasteiger partial charge < -0.3 is 4.57 Å². The second-order valence-corrected chi connectivity index (χ2v) is 8.31. The molecule has 3 aromatic rings. The second kappa shape index (κ2) is 8.91. The molecular weight excluding hydrogens is 363 g/mol. The van der Waals surface area contributed by atoms with Gasteiger partial charge in [0, 0.05) is 42.7 Å².